The zero-order valence-corrected chi connectivity index (χ0v) is 16.8. The molecule has 4 nitrogen and oxygen atoms in total. The Morgan fingerprint density at radius 3 is 2.62 bits per heavy atom. The van der Waals surface area contributed by atoms with E-state index in [-0.39, 0.29) is 17.8 Å². The van der Waals surface area contributed by atoms with E-state index in [2.05, 4.69) is 5.32 Å². The van der Waals surface area contributed by atoms with Crippen LogP contribution in [0.15, 0.2) is 48.5 Å². The number of halogens is 1. The molecule has 1 fully saturated rings. The molecule has 1 saturated carbocycles. The van der Waals surface area contributed by atoms with Gasteiger partial charge in [0.15, 0.2) is 0 Å². The van der Waals surface area contributed by atoms with E-state index in [0.29, 0.717) is 18.8 Å². The number of ether oxygens (including phenoxy) is 1. The third kappa shape index (κ3) is 4.29. The standard InChI is InChI=1S/C24H27FN2O2/c1-2-29-23-10-6-9-21-20(23)15-22(24(28)26-19-7-4-3-5-8-19)27(21)16-17-11-13-18(25)14-12-17/h6,9-15,19H,2-5,7-8,16H2,1H3,(H,26,28). The van der Waals surface area contributed by atoms with Crippen molar-refractivity contribution < 1.29 is 13.9 Å². The van der Waals surface area contributed by atoms with Crippen LogP contribution in [0.25, 0.3) is 10.9 Å². The summed E-state index contributed by atoms with van der Waals surface area (Å²) in [4.78, 5) is 13.2. The fourth-order valence-electron chi connectivity index (χ4n) is 4.18. The molecule has 1 aliphatic rings. The predicted molar refractivity (Wildman–Crippen MR) is 113 cm³/mol. The van der Waals surface area contributed by atoms with Crippen molar-refractivity contribution in [1.29, 1.82) is 0 Å². The Morgan fingerprint density at radius 2 is 1.90 bits per heavy atom. The van der Waals surface area contributed by atoms with Crippen molar-refractivity contribution in [2.24, 2.45) is 0 Å². The molecule has 1 heterocycles. The van der Waals surface area contributed by atoms with Gasteiger partial charge in [0.05, 0.1) is 12.1 Å². The Bertz CT molecular complexity index is 988. The second-order valence-electron chi connectivity index (χ2n) is 7.67. The molecule has 0 saturated heterocycles. The molecule has 0 unspecified atom stereocenters. The van der Waals surface area contributed by atoms with Gasteiger partial charge in [-0.3, -0.25) is 4.79 Å². The highest BCUT2D eigenvalue weighted by molar-refractivity contribution is 6.00. The molecule has 0 radical (unpaired) electrons. The summed E-state index contributed by atoms with van der Waals surface area (Å²) in [6.07, 6.45) is 5.65. The number of carbonyl (C=O) groups excluding carboxylic acids is 1. The number of hydrogen-bond acceptors (Lipinski definition) is 2. The second kappa shape index (κ2) is 8.68. The molecule has 0 aliphatic heterocycles. The van der Waals surface area contributed by atoms with Crippen LogP contribution in [0.1, 0.15) is 55.1 Å². The minimum absolute atomic E-state index is 0.0577. The molecule has 1 amide bonds. The van der Waals surface area contributed by atoms with Crippen LogP contribution in [-0.2, 0) is 6.54 Å². The summed E-state index contributed by atoms with van der Waals surface area (Å²) >= 11 is 0. The summed E-state index contributed by atoms with van der Waals surface area (Å²) in [6.45, 7) is 3.00. The number of hydrogen-bond donors (Lipinski definition) is 1. The quantitative estimate of drug-likeness (QED) is 0.617. The average Bonchev–Trinajstić information content (AvgIpc) is 3.10. The van der Waals surface area contributed by atoms with Crippen LogP contribution >= 0.6 is 0 Å². The third-order valence-corrected chi connectivity index (χ3v) is 5.63. The topological polar surface area (TPSA) is 43.3 Å². The number of aromatic nitrogens is 1. The summed E-state index contributed by atoms with van der Waals surface area (Å²) in [5.74, 6) is 0.451. The van der Waals surface area contributed by atoms with Crippen molar-refractivity contribution in [3.8, 4) is 5.75 Å². The minimum atomic E-state index is -0.264. The number of nitrogens with zero attached hydrogens (tertiary/aromatic N) is 1. The van der Waals surface area contributed by atoms with Crippen LogP contribution in [0.3, 0.4) is 0 Å². The van der Waals surface area contributed by atoms with Gasteiger partial charge < -0.3 is 14.6 Å². The van der Waals surface area contributed by atoms with Gasteiger partial charge in [0.2, 0.25) is 0 Å². The van der Waals surface area contributed by atoms with E-state index in [9.17, 15) is 9.18 Å². The maximum absolute atomic E-state index is 13.3. The second-order valence-corrected chi connectivity index (χ2v) is 7.67. The number of carbonyl (C=O) groups is 1. The van der Waals surface area contributed by atoms with E-state index in [1.54, 1.807) is 12.1 Å². The lowest BCUT2D eigenvalue weighted by molar-refractivity contribution is 0.0919. The van der Waals surface area contributed by atoms with E-state index in [1.165, 1.54) is 18.6 Å². The van der Waals surface area contributed by atoms with E-state index in [4.69, 9.17) is 4.74 Å². The predicted octanol–water partition coefficient (Wildman–Crippen LogP) is 5.29. The van der Waals surface area contributed by atoms with Gasteiger partial charge in [0.1, 0.15) is 17.3 Å². The van der Waals surface area contributed by atoms with Gasteiger partial charge in [-0.1, -0.05) is 37.5 Å². The Hall–Kier alpha value is -2.82. The smallest absolute Gasteiger partial charge is 0.268 e. The summed E-state index contributed by atoms with van der Waals surface area (Å²) in [7, 11) is 0. The van der Waals surface area contributed by atoms with Gasteiger partial charge in [-0.2, -0.15) is 0 Å². The van der Waals surface area contributed by atoms with Crippen molar-refractivity contribution >= 4 is 16.8 Å². The first kappa shape index (κ1) is 19.5. The van der Waals surface area contributed by atoms with Crippen LogP contribution in [0.5, 0.6) is 5.75 Å². The average molecular weight is 394 g/mol. The van der Waals surface area contributed by atoms with E-state index >= 15 is 0 Å². The lowest BCUT2D eigenvalue weighted by Crippen LogP contribution is -2.37. The van der Waals surface area contributed by atoms with Crippen LogP contribution in [-0.4, -0.2) is 23.1 Å². The number of rotatable bonds is 6. The molecule has 0 atom stereocenters. The van der Waals surface area contributed by atoms with Gasteiger partial charge in [-0.25, -0.2) is 4.39 Å². The fourth-order valence-corrected chi connectivity index (χ4v) is 4.18. The van der Waals surface area contributed by atoms with Gasteiger partial charge >= 0.3 is 0 Å². The maximum atomic E-state index is 13.3. The first-order valence-corrected chi connectivity index (χ1v) is 10.5. The molecule has 1 aliphatic carbocycles. The molecule has 152 valence electrons. The molecule has 4 rings (SSSR count). The van der Waals surface area contributed by atoms with Crippen LogP contribution in [0, 0.1) is 5.82 Å². The van der Waals surface area contributed by atoms with E-state index in [1.807, 2.05) is 35.8 Å². The number of amides is 1. The summed E-state index contributed by atoms with van der Waals surface area (Å²) in [6, 6.07) is 14.4. The lowest BCUT2D eigenvalue weighted by Gasteiger charge is -2.23. The zero-order valence-electron chi connectivity index (χ0n) is 16.8. The molecule has 1 aromatic heterocycles. The number of fused-ring (bicyclic) bond motifs is 1. The Labute approximate surface area is 170 Å². The van der Waals surface area contributed by atoms with Crippen LogP contribution in [0.2, 0.25) is 0 Å². The van der Waals surface area contributed by atoms with Gasteiger partial charge in [0, 0.05) is 18.0 Å². The van der Waals surface area contributed by atoms with Crippen LogP contribution in [0.4, 0.5) is 4.39 Å². The van der Waals surface area contributed by atoms with Gasteiger partial charge in [-0.05, 0) is 55.7 Å². The van der Waals surface area contributed by atoms with Crippen molar-refractivity contribution in [1.82, 2.24) is 9.88 Å². The maximum Gasteiger partial charge on any atom is 0.268 e. The monoisotopic (exact) mass is 394 g/mol. The highest BCUT2D eigenvalue weighted by Gasteiger charge is 2.22. The Kier molecular flexibility index (Phi) is 5.84. The lowest BCUT2D eigenvalue weighted by atomic mass is 9.95. The molecular weight excluding hydrogens is 367 g/mol. The molecule has 0 spiro atoms. The van der Waals surface area contributed by atoms with E-state index in [0.717, 1.165) is 47.9 Å². The van der Waals surface area contributed by atoms with Gasteiger partial charge in [0.25, 0.3) is 5.91 Å². The summed E-state index contributed by atoms with van der Waals surface area (Å²) in [5, 5.41) is 4.14. The highest BCUT2D eigenvalue weighted by Crippen LogP contribution is 2.30. The Balaban J connectivity index is 1.73. The first-order chi connectivity index (χ1) is 14.2. The molecule has 3 aromatic rings. The SMILES string of the molecule is CCOc1cccc2c1cc(C(=O)NC1CCCCC1)n2Cc1ccc(F)cc1. The van der Waals surface area contributed by atoms with Crippen molar-refractivity contribution in [2.45, 2.75) is 51.6 Å². The highest BCUT2D eigenvalue weighted by atomic mass is 19.1. The van der Waals surface area contributed by atoms with Crippen molar-refractivity contribution in [3.05, 3.63) is 65.6 Å². The van der Waals surface area contributed by atoms with Crippen molar-refractivity contribution in [3.63, 3.8) is 0 Å². The molecule has 1 N–H and O–H groups in total. The summed E-state index contributed by atoms with van der Waals surface area (Å²) in [5.41, 5.74) is 2.49. The fraction of sp³-hybridized carbons (Fsp3) is 0.375. The molecule has 0 bridgehead atoms. The van der Waals surface area contributed by atoms with Crippen molar-refractivity contribution in [2.75, 3.05) is 6.61 Å². The minimum Gasteiger partial charge on any atom is -0.493 e. The zero-order chi connectivity index (χ0) is 20.2. The molecule has 2 aromatic carbocycles. The molecule has 29 heavy (non-hydrogen) atoms. The normalized spacial score (nSPS) is 14.8. The first-order valence-electron chi connectivity index (χ1n) is 10.5. The summed E-state index contributed by atoms with van der Waals surface area (Å²) < 4.78 is 21.1. The Morgan fingerprint density at radius 1 is 1.14 bits per heavy atom. The largest absolute Gasteiger partial charge is 0.493 e. The number of nitrogens with one attached hydrogen (secondary N) is 1. The van der Waals surface area contributed by atoms with Crippen LogP contribution < -0.4 is 10.1 Å². The number of benzene rings is 2. The van der Waals surface area contributed by atoms with E-state index < -0.39 is 0 Å². The third-order valence-electron chi connectivity index (χ3n) is 5.63. The van der Waals surface area contributed by atoms with Gasteiger partial charge in [-0.15, -0.1) is 0 Å². The molecule has 5 heteroatoms. The molecular formula is C24H27FN2O2.